The highest BCUT2D eigenvalue weighted by molar-refractivity contribution is 5.86. The summed E-state index contributed by atoms with van der Waals surface area (Å²) in [6.07, 6.45) is 3.05. The summed E-state index contributed by atoms with van der Waals surface area (Å²) in [6.45, 7) is 5.92. The average Bonchev–Trinajstić information content (AvgIpc) is 2.99. The number of rotatable bonds is 5. The summed E-state index contributed by atoms with van der Waals surface area (Å²) in [5.41, 5.74) is 0.163. The van der Waals surface area contributed by atoms with Crippen molar-refractivity contribution in [3.8, 4) is 0 Å². The summed E-state index contributed by atoms with van der Waals surface area (Å²) in [6, 6.07) is 0. The molecule has 0 radical (unpaired) electrons. The molecular weight excluding hydrogens is 236 g/mol. The molecule has 1 N–H and O–H groups in total. The first-order valence-corrected chi connectivity index (χ1v) is 5.34. The Kier molecular flexibility index (Phi) is 3.46. The summed E-state index contributed by atoms with van der Waals surface area (Å²) in [7, 11) is 0. The summed E-state index contributed by atoms with van der Waals surface area (Å²) in [5.74, 6) is 0.617. The number of carbonyl (C=O) groups is 1. The quantitative estimate of drug-likeness (QED) is 0.762. The predicted molar refractivity (Wildman–Crippen MR) is 61.6 cm³/mol. The van der Waals surface area contributed by atoms with Crippen molar-refractivity contribution in [3.63, 3.8) is 0 Å². The van der Waals surface area contributed by atoms with E-state index in [0.29, 0.717) is 24.8 Å². The van der Waals surface area contributed by atoms with E-state index in [-0.39, 0.29) is 5.69 Å². The molecule has 0 aliphatic carbocycles. The minimum Gasteiger partial charge on any atom is -0.461 e. The molecule has 8 heteroatoms. The molecule has 2 rings (SSSR count). The molecular formula is C10H12N6O2. The highest BCUT2D eigenvalue weighted by Gasteiger charge is 2.12. The lowest BCUT2D eigenvalue weighted by Gasteiger charge is -1.95. The van der Waals surface area contributed by atoms with E-state index in [9.17, 15) is 4.79 Å². The smallest absolute Gasteiger partial charge is 0.360 e. The fourth-order valence-corrected chi connectivity index (χ4v) is 1.29. The number of aromatic nitrogens is 6. The molecule has 2 heterocycles. The van der Waals surface area contributed by atoms with Crippen LogP contribution < -0.4 is 0 Å². The van der Waals surface area contributed by atoms with E-state index in [1.165, 1.54) is 10.9 Å². The van der Waals surface area contributed by atoms with Crippen LogP contribution >= 0.6 is 0 Å². The fraction of sp³-hybridized carbons (Fsp3) is 0.300. The predicted octanol–water partition coefficient (Wildman–Crippen LogP) is 0.264. The van der Waals surface area contributed by atoms with Crippen LogP contribution in [0.3, 0.4) is 0 Å². The Morgan fingerprint density at radius 2 is 2.50 bits per heavy atom. The van der Waals surface area contributed by atoms with Gasteiger partial charge in [-0.05, 0) is 13.0 Å². The van der Waals surface area contributed by atoms with Crippen LogP contribution in [-0.4, -0.2) is 42.8 Å². The Morgan fingerprint density at radius 1 is 1.67 bits per heavy atom. The Bertz CT molecular complexity index is 558. The van der Waals surface area contributed by atoms with Crippen molar-refractivity contribution < 1.29 is 9.53 Å². The van der Waals surface area contributed by atoms with Gasteiger partial charge >= 0.3 is 5.97 Å². The van der Waals surface area contributed by atoms with Crippen molar-refractivity contribution in [2.24, 2.45) is 0 Å². The van der Waals surface area contributed by atoms with Crippen molar-refractivity contribution in [2.45, 2.75) is 13.5 Å². The van der Waals surface area contributed by atoms with Crippen molar-refractivity contribution in [1.82, 2.24) is 30.2 Å². The van der Waals surface area contributed by atoms with Crippen LogP contribution in [0.1, 0.15) is 29.1 Å². The number of aromatic amines is 1. The zero-order chi connectivity index (χ0) is 13.0. The van der Waals surface area contributed by atoms with Gasteiger partial charge in [0.15, 0.2) is 11.5 Å². The molecule has 0 unspecified atom stereocenters. The van der Waals surface area contributed by atoms with Gasteiger partial charge in [-0.25, -0.2) is 14.5 Å². The maximum absolute atomic E-state index is 11.4. The van der Waals surface area contributed by atoms with Crippen LogP contribution in [0.15, 0.2) is 12.8 Å². The number of nitrogens with one attached hydrogen (secondary N) is 1. The number of ether oxygens (including phenoxy) is 1. The lowest BCUT2D eigenvalue weighted by Crippen LogP contribution is -2.05. The molecule has 0 saturated heterocycles. The second kappa shape index (κ2) is 5.21. The molecule has 0 spiro atoms. The van der Waals surface area contributed by atoms with E-state index in [1.807, 2.05) is 0 Å². The Morgan fingerprint density at radius 3 is 3.17 bits per heavy atom. The number of H-pyrrole nitrogens is 1. The third kappa shape index (κ3) is 2.59. The van der Waals surface area contributed by atoms with Crippen LogP contribution in [0.25, 0.3) is 6.08 Å². The molecule has 0 atom stereocenters. The molecule has 0 aromatic carbocycles. The summed E-state index contributed by atoms with van der Waals surface area (Å²) in [4.78, 5) is 15.5. The number of esters is 1. The number of carbonyl (C=O) groups excluding carboxylic acids is 1. The van der Waals surface area contributed by atoms with E-state index in [0.717, 1.165) is 0 Å². The Labute approximate surface area is 103 Å². The number of hydrogen-bond acceptors (Lipinski definition) is 6. The second-order valence-corrected chi connectivity index (χ2v) is 3.36. The standard InChI is InChI=1S/C10H12N6O2/c1-3-8-11-9(14-13-8)6-16-5-7(12-15-16)10(17)18-4-2/h3,5H,1,4,6H2,2H3,(H,11,13,14). The third-order valence-electron chi connectivity index (χ3n) is 2.07. The monoisotopic (exact) mass is 248 g/mol. The van der Waals surface area contributed by atoms with Crippen LogP contribution in [-0.2, 0) is 11.3 Å². The van der Waals surface area contributed by atoms with Gasteiger partial charge in [-0.1, -0.05) is 11.8 Å². The van der Waals surface area contributed by atoms with Crippen molar-refractivity contribution in [2.75, 3.05) is 6.61 Å². The molecule has 0 saturated carbocycles. The van der Waals surface area contributed by atoms with Gasteiger partial charge in [0.2, 0.25) is 0 Å². The molecule has 94 valence electrons. The van der Waals surface area contributed by atoms with Crippen molar-refractivity contribution >= 4 is 12.0 Å². The second-order valence-electron chi connectivity index (χ2n) is 3.36. The zero-order valence-corrected chi connectivity index (χ0v) is 9.83. The van der Waals surface area contributed by atoms with Gasteiger partial charge < -0.3 is 4.74 Å². The van der Waals surface area contributed by atoms with Crippen LogP contribution in [0.2, 0.25) is 0 Å². The van der Waals surface area contributed by atoms with Crippen molar-refractivity contribution in [3.05, 3.63) is 30.1 Å². The van der Waals surface area contributed by atoms with Crippen LogP contribution in [0.4, 0.5) is 0 Å². The average molecular weight is 248 g/mol. The van der Waals surface area contributed by atoms with E-state index in [4.69, 9.17) is 4.74 Å². The summed E-state index contributed by atoms with van der Waals surface area (Å²) in [5, 5.41) is 14.2. The normalized spacial score (nSPS) is 10.3. The van der Waals surface area contributed by atoms with Gasteiger partial charge in [0.1, 0.15) is 12.4 Å². The summed E-state index contributed by atoms with van der Waals surface area (Å²) < 4.78 is 6.27. The van der Waals surface area contributed by atoms with E-state index >= 15 is 0 Å². The highest BCUT2D eigenvalue weighted by atomic mass is 16.5. The van der Waals surface area contributed by atoms with Crippen LogP contribution in [0, 0.1) is 0 Å². The molecule has 0 aliphatic rings. The first-order chi connectivity index (χ1) is 8.72. The highest BCUT2D eigenvalue weighted by Crippen LogP contribution is 2.00. The topological polar surface area (TPSA) is 98.6 Å². The molecule has 18 heavy (non-hydrogen) atoms. The Balaban J connectivity index is 2.06. The minimum absolute atomic E-state index is 0.163. The maximum atomic E-state index is 11.4. The van der Waals surface area contributed by atoms with Crippen molar-refractivity contribution in [1.29, 1.82) is 0 Å². The van der Waals surface area contributed by atoms with Crippen LogP contribution in [0.5, 0.6) is 0 Å². The molecule has 8 nitrogen and oxygen atoms in total. The van der Waals surface area contributed by atoms with E-state index in [2.05, 4.69) is 32.1 Å². The lowest BCUT2D eigenvalue weighted by molar-refractivity contribution is 0.0519. The van der Waals surface area contributed by atoms with Gasteiger partial charge in [0, 0.05) is 0 Å². The molecule has 2 aromatic heterocycles. The SMILES string of the molecule is C=Cc1nc(Cn2cc(C(=O)OCC)nn2)n[nH]1. The lowest BCUT2D eigenvalue weighted by atomic mass is 10.5. The first-order valence-electron chi connectivity index (χ1n) is 5.34. The molecule has 0 aliphatic heterocycles. The van der Waals surface area contributed by atoms with Gasteiger partial charge in [-0.2, -0.15) is 5.10 Å². The van der Waals surface area contributed by atoms with E-state index in [1.54, 1.807) is 13.0 Å². The molecule has 0 fully saturated rings. The minimum atomic E-state index is -0.495. The first kappa shape index (κ1) is 12.0. The molecule has 2 aromatic rings. The molecule has 0 bridgehead atoms. The fourth-order valence-electron chi connectivity index (χ4n) is 1.29. The zero-order valence-electron chi connectivity index (χ0n) is 9.83. The summed E-state index contributed by atoms with van der Waals surface area (Å²) >= 11 is 0. The Hall–Kier alpha value is -2.51. The molecule has 0 amide bonds. The largest absolute Gasteiger partial charge is 0.461 e. The number of nitrogens with zero attached hydrogens (tertiary/aromatic N) is 5. The third-order valence-corrected chi connectivity index (χ3v) is 2.07. The van der Waals surface area contributed by atoms with Gasteiger partial charge in [0.25, 0.3) is 0 Å². The maximum Gasteiger partial charge on any atom is 0.360 e. The van der Waals surface area contributed by atoms with Gasteiger partial charge in [0.05, 0.1) is 12.8 Å². The van der Waals surface area contributed by atoms with E-state index < -0.39 is 5.97 Å². The van der Waals surface area contributed by atoms with Gasteiger partial charge in [-0.3, -0.25) is 5.10 Å². The number of hydrogen-bond donors (Lipinski definition) is 1. The van der Waals surface area contributed by atoms with Gasteiger partial charge in [-0.15, -0.1) is 5.10 Å².